The zero-order chi connectivity index (χ0) is 19.2. The fourth-order valence-corrected chi connectivity index (χ4v) is 3.10. The van der Waals surface area contributed by atoms with Crippen LogP contribution < -0.4 is 0 Å². The molecular formula is C19H18ClFN2O3. The van der Waals surface area contributed by atoms with Gasteiger partial charge in [0.1, 0.15) is 11.4 Å². The van der Waals surface area contributed by atoms with Crippen LogP contribution in [0, 0.1) is 12.7 Å². The molecule has 0 radical (unpaired) electrons. The predicted octanol–water partition coefficient (Wildman–Crippen LogP) is 4.74. The number of carbonyl (C=O) groups is 2. The number of nitrogens with zero attached hydrogens (tertiary/aromatic N) is 2. The Balaban J connectivity index is 2.01. The monoisotopic (exact) mass is 376 g/mol. The van der Waals surface area contributed by atoms with E-state index in [0.29, 0.717) is 22.5 Å². The van der Waals surface area contributed by atoms with Crippen molar-refractivity contribution in [2.24, 2.45) is 0 Å². The maximum Gasteiger partial charge on any atom is 0.417 e. The maximum atomic E-state index is 14.3. The Morgan fingerprint density at radius 2 is 2.00 bits per heavy atom. The van der Waals surface area contributed by atoms with Crippen LogP contribution in [0.5, 0.6) is 0 Å². The van der Waals surface area contributed by atoms with Crippen molar-refractivity contribution in [3.8, 4) is 11.3 Å². The summed E-state index contributed by atoms with van der Waals surface area (Å²) in [5.41, 5.74) is 1.07. The van der Waals surface area contributed by atoms with Gasteiger partial charge in [-0.3, -0.25) is 4.79 Å². The highest BCUT2D eigenvalue weighted by atomic mass is 35.5. The van der Waals surface area contributed by atoms with Crippen molar-refractivity contribution in [3.05, 3.63) is 51.9 Å². The second-order valence-electron chi connectivity index (χ2n) is 7.11. The van der Waals surface area contributed by atoms with Gasteiger partial charge < -0.3 is 4.74 Å². The van der Waals surface area contributed by atoms with Crippen LogP contribution in [0.3, 0.4) is 0 Å². The first-order valence-corrected chi connectivity index (χ1v) is 8.46. The van der Waals surface area contributed by atoms with E-state index in [2.05, 4.69) is 4.98 Å². The normalized spacial score (nSPS) is 13.8. The molecule has 1 aromatic heterocycles. The van der Waals surface area contributed by atoms with Crippen molar-refractivity contribution in [3.63, 3.8) is 0 Å². The van der Waals surface area contributed by atoms with Gasteiger partial charge in [-0.1, -0.05) is 23.7 Å². The number of fused-ring (bicyclic) bond motifs is 1. The molecule has 1 aliphatic heterocycles. The summed E-state index contributed by atoms with van der Waals surface area (Å²) in [4.78, 5) is 30.2. The number of carbonyl (C=O) groups excluding carboxylic acids is 2. The first kappa shape index (κ1) is 18.3. The summed E-state index contributed by atoms with van der Waals surface area (Å²) in [6.45, 7) is 6.83. The number of halogens is 2. The molecule has 0 fully saturated rings. The largest absolute Gasteiger partial charge is 0.443 e. The molecule has 26 heavy (non-hydrogen) atoms. The fraction of sp³-hybridized carbons (Fsp3) is 0.316. The third-order valence-electron chi connectivity index (χ3n) is 3.91. The number of amides is 2. The highest BCUT2D eigenvalue weighted by Crippen LogP contribution is 2.34. The summed E-state index contributed by atoms with van der Waals surface area (Å²) < 4.78 is 19.5. The maximum absolute atomic E-state index is 14.3. The smallest absolute Gasteiger partial charge is 0.417 e. The van der Waals surface area contributed by atoms with Gasteiger partial charge in [0.25, 0.3) is 5.91 Å². The lowest BCUT2D eigenvalue weighted by Gasteiger charge is -2.23. The predicted molar refractivity (Wildman–Crippen MR) is 95.5 cm³/mol. The highest BCUT2D eigenvalue weighted by molar-refractivity contribution is 6.34. The molecule has 7 heteroatoms. The molecule has 0 aliphatic carbocycles. The highest BCUT2D eigenvalue weighted by Gasteiger charge is 2.38. The third-order valence-corrected chi connectivity index (χ3v) is 4.20. The summed E-state index contributed by atoms with van der Waals surface area (Å²) in [5, 5.41) is 0.128. The standard InChI is InChI=1S/C19H18ClFN2O3/c1-10-6-5-7-12(21)15(10)13-8-11(20)16-14(22-13)9-23(17(16)24)18(25)26-19(2,3)4/h5-8H,9H2,1-4H3. The second kappa shape index (κ2) is 6.36. The van der Waals surface area contributed by atoms with Gasteiger partial charge >= 0.3 is 6.09 Å². The number of aromatic nitrogens is 1. The molecule has 0 bridgehead atoms. The molecule has 2 amide bonds. The zero-order valence-electron chi connectivity index (χ0n) is 14.9. The average molecular weight is 377 g/mol. The Hall–Kier alpha value is -2.47. The number of aryl methyl sites for hydroxylation is 1. The van der Waals surface area contributed by atoms with Crippen LogP contribution in [-0.4, -0.2) is 27.5 Å². The van der Waals surface area contributed by atoms with Crippen LogP contribution in [0.2, 0.25) is 5.02 Å². The molecule has 136 valence electrons. The Bertz CT molecular complexity index is 901. The van der Waals surface area contributed by atoms with E-state index >= 15 is 0 Å². The molecule has 2 heterocycles. The minimum atomic E-state index is -0.764. The molecular weight excluding hydrogens is 359 g/mol. The van der Waals surface area contributed by atoms with Gasteiger partial charge in [0.15, 0.2) is 0 Å². The lowest BCUT2D eigenvalue weighted by atomic mass is 10.0. The van der Waals surface area contributed by atoms with Gasteiger partial charge in [0, 0.05) is 5.56 Å². The van der Waals surface area contributed by atoms with E-state index in [1.54, 1.807) is 39.8 Å². The molecule has 0 atom stereocenters. The number of imide groups is 1. The van der Waals surface area contributed by atoms with Crippen molar-refractivity contribution in [1.82, 2.24) is 9.88 Å². The molecule has 0 spiro atoms. The Morgan fingerprint density at radius 3 is 2.62 bits per heavy atom. The van der Waals surface area contributed by atoms with Crippen LogP contribution in [0.4, 0.5) is 9.18 Å². The van der Waals surface area contributed by atoms with E-state index in [0.717, 1.165) is 4.90 Å². The van der Waals surface area contributed by atoms with Gasteiger partial charge in [-0.05, 0) is 45.4 Å². The summed E-state index contributed by atoms with van der Waals surface area (Å²) in [7, 11) is 0. The van der Waals surface area contributed by atoms with Crippen LogP contribution in [-0.2, 0) is 11.3 Å². The number of benzene rings is 1. The van der Waals surface area contributed by atoms with Crippen molar-refractivity contribution in [2.45, 2.75) is 39.8 Å². The lowest BCUT2D eigenvalue weighted by molar-refractivity contribution is 0.0247. The van der Waals surface area contributed by atoms with E-state index < -0.39 is 23.4 Å². The zero-order valence-corrected chi connectivity index (χ0v) is 15.6. The van der Waals surface area contributed by atoms with E-state index in [-0.39, 0.29) is 17.1 Å². The van der Waals surface area contributed by atoms with Crippen LogP contribution in [0.25, 0.3) is 11.3 Å². The van der Waals surface area contributed by atoms with Gasteiger partial charge in [0.2, 0.25) is 0 Å². The molecule has 3 rings (SSSR count). The first-order chi connectivity index (χ1) is 12.1. The van der Waals surface area contributed by atoms with Crippen molar-refractivity contribution in [1.29, 1.82) is 0 Å². The quantitative estimate of drug-likeness (QED) is 0.721. The minimum absolute atomic E-state index is 0.0653. The van der Waals surface area contributed by atoms with Crippen molar-refractivity contribution < 1.29 is 18.7 Å². The lowest BCUT2D eigenvalue weighted by Crippen LogP contribution is -2.36. The Kier molecular flexibility index (Phi) is 4.48. The van der Waals surface area contributed by atoms with E-state index in [9.17, 15) is 14.0 Å². The second-order valence-corrected chi connectivity index (χ2v) is 7.52. The number of ether oxygens (including phenoxy) is 1. The number of hydrogen-bond acceptors (Lipinski definition) is 4. The van der Waals surface area contributed by atoms with Crippen molar-refractivity contribution >= 4 is 23.6 Å². The SMILES string of the molecule is Cc1cccc(F)c1-c1cc(Cl)c2c(n1)CN(C(=O)OC(C)(C)C)C2=O. The fourth-order valence-electron chi connectivity index (χ4n) is 2.81. The molecule has 0 saturated heterocycles. The van der Waals surface area contributed by atoms with Crippen molar-refractivity contribution in [2.75, 3.05) is 0 Å². The molecule has 1 aliphatic rings. The molecule has 0 unspecified atom stereocenters. The summed E-state index contributed by atoms with van der Waals surface area (Å²) in [6, 6.07) is 6.15. The van der Waals surface area contributed by atoms with Gasteiger partial charge in [-0.15, -0.1) is 0 Å². The average Bonchev–Trinajstić information content (AvgIpc) is 2.83. The van der Waals surface area contributed by atoms with E-state index in [4.69, 9.17) is 16.3 Å². The third kappa shape index (κ3) is 3.29. The molecule has 0 N–H and O–H groups in total. The van der Waals surface area contributed by atoms with E-state index in [1.165, 1.54) is 12.1 Å². The van der Waals surface area contributed by atoms with Gasteiger partial charge in [-0.2, -0.15) is 0 Å². The molecule has 5 nitrogen and oxygen atoms in total. The van der Waals surface area contributed by atoms with Crippen LogP contribution in [0.1, 0.15) is 42.4 Å². The van der Waals surface area contributed by atoms with Gasteiger partial charge in [-0.25, -0.2) is 19.1 Å². The number of pyridine rings is 1. The Morgan fingerprint density at radius 1 is 1.31 bits per heavy atom. The van der Waals surface area contributed by atoms with Gasteiger partial charge in [0.05, 0.1) is 28.5 Å². The summed E-state index contributed by atoms with van der Waals surface area (Å²) in [5.74, 6) is -0.995. The summed E-state index contributed by atoms with van der Waals surface area (Å²) in [6.07, 6.45) is -0.764. The van der Waals surface area contributed by atoms with Crippen LogP contribution >= 0.6 is 11.6 Å². The number of rotatable bonds is 1. The summed E-state index contributed by atoms with van der Waals surface area (Å²) >= 11 is 6.27. The molecule has 0 saturated carbocycles. The topological polar surface area (TPSA) is 59.5 Å². The first-order valence-electron chi connectivity index (χ1n) is 8.08. The van der Waals surface area contributed by atoms with Crippen LogP contribution in [0.15, 0.2) is 24.3 Å². The molecule has 1 aromatic carbocycles. The Labute approximate surface area is 155 Å². The number of hydrogen-bond donors (Lipinski definition) is 0. The minimum Gasteiger partial charge on any atom is -0.443 e. The van der Waals surface area contributed by atoms with E-state index in [1.807, 2.05) is 0 Å². The molecule has 2 aromatic rings.